The van der Waals surface area contributed by atoms with E-state index in [1.807, 2.05) is 0 Å². The van der Waals surface area contributed by atoms with Crippen molar-refractivity contribution in [1.29, 1.82) is 0 Å². The number of fused-ring (bicyclic) bond motifs is 2. The van der Waals surface area contributed by atoms with Crippen LogP contribution in [0.2, 0.25) is 0 Å². The summed E-state index contributed by atoms with van der Waals surface area (Å²) in [4.78, 5) is 22.5. The second kappa shape index (κ2) is 3.53. The summed E-state index contributed by atoms with van der Waals surface area (Å²) in [6, 6.07) is 6.54. The molecule has 5 heteroatoms. The Kier molecular flexibility index (Phi) is 2.10. The maximum absolute atomic E-state index is 11.7. The van der Waals surface area contributed by atoms with Gasteiger partial charge in [0.05, 0.1) is 15.9 Å². The van der Waals surface area contributed by atoms with Gasteiger partial charge in [-0.25, -0.2) is 0 Å². The Bertz CT molecular complexity index is 706. The summed E-state index contributed by atoms with van der Waals surface area (Å²) >= 11 is 0. The molecule has 0 spiro atoms. The summed E-state index contributed by atoms with van der Waals surface area (Å²) in [5.74, 6) is -0.356. The van der Waals surface area contributed by atoms with Gasteiger partial charge in [-0.05, 0) is 12.5 Å². The number of Topliss-reactive ketones (excluding diaryl/α,β-unsaturated/α-hetero) is 1. The lowest BCUT2D eigenvalue weighted by molar-refractivity contribution is -0.383. The molecule has 0 heterocycles. The van der Waals surface area contributed by atoms with E-state index in [1.54, 1.807) is 24.3 Å². The van der Waals surface area contributed by atoms with Crippen molar-refractivity contribution in [3.63, 3.8) is 0 Å². The number of carbonyl (C=O) groups is 1. The van der Waals surface area contributed by atoms with Crippen LogP contribution in [0.1, 0.15) is 22.3 Å². The van der Waals surface area contributed by atoms with E-state index in [4.69, 9.17) is 0 Å². The summed E-state index contributed by atoms with van der Waals surface area (Å²) in [6.45, 7) is 0. The van der Waals surface area contributed by atoms with Crippen molar-refractivity contribution in [2.45, 2.75) is 12.8 Å². The summed E-state index contributed by atoms with van der Waals surface area (Å²) in [5.41, 5.74) is 0.436. The number of nitro benzene ring substituents is 1. The van der Waals surface area contributed by atoms with Crippen molar-refractivity contribution in [3.05, 3.63) is 45.5 Å². The number of nitro groups is 1. The minimum atomic E-state index is -0.473. The van der Waals surface area contributed by atoms with Crippen LogP contribution in [0.3, 0.4) is 0 Å². The Morgan fingerprint density at radius 1 is 1.17 bits per heavy atom. The minimum Gasteiger partial charge on any atom is -0.507 e. The van der Waals surface area contributed by atoms with E-state index in [1.165, 1.54) is 0 Å². The zero-order chi connectivity index (χ0) is 12.9. The zero-order valence-electron chi connectivity index (χ0n) is 9.34. The predicted octanol–water partition coefficient (Wildman–Crippen LogP) is 2.58. The van der Waals surface area contributed by atoms with Crippen LogP contribution in [0.5, 0.6) is 5.75 Å². The normalized spacial score (nSPS) is 13.9. The summed E-state index contributed by atoms with van der Waals surface area (Å²) in [6.07, 6.45) is 0.545. The van der Waals surface area contributed by atoms with E-state index >= 15 is 0 Å². The highest BCUT2D eigenvalue weighted by Crippen LogP contribution is 2.43. The van der Waals surface area contributed by atoms with Gasteiger partial charge >= 0.3 is 0 Å². The lowest BCUT2D eigenvalue weighted by Gasteiger charge is -2.08. The standard InChI is InChI=1S/C13H9NO4/c15-10-6-5-9-11(10)13(16)8-4-2-1-3-7(8)12(9)14(17)18/h1-4,16H,5-6H2. The quantitative estimate of drug-likeness (QED) is 0.616. The van der Waals surface area contributed by atoms with Crippen molar-refractivity contribution in [2.24, 2.45) is 0 Å². The van der Waals surface area contributed by atoms with E-state index in [0.29, 0.717) is 22.8 Å². The first kappa shape index (κ1) is 10.7. The van der Waals surface area contributed by atoms with Gasteiger partial charge in [0.2, 0.25) is 0 Å². The third-order valence-corrected chi connectivity index (χ3v) is 3.33. The molecule has 3 rings (SSSR count). The Hall–Kier alpha value is -2.43. The Labute approximate surface area is 102 Å². The largest absolute Gasteiger partial charge is 0.507 e. The van der Waals surface area contributed by atoms with Crippen molar-refractivity contribution < 1.29 is 14.8 Å². The SMILES string of the molecule is O=C1CCc2c1c(O)c1ccccc1c2[N+](=O)[O-]. The molecule has 0 aliphatic heterocycles. The van der Waals surface area contributed by atoms with Crippen LogP contribution in [-0.2, 0) is 6.42 Å². The van der Waals surface area contributed by atoms with Crippen LogP contribution in [-0.4, -0.2) is 15.8 Å². The Morgan fingerprint density at radius 2 is 1.83 bits per heavy atom. The van der Waals surface area contributed by atoms with Crippen LogP contribution in [0, 0.1) is 10.1 Å². The lowest BCUT2D eigenvalue weighted by Crippen LogP contribution is -1.99. The van der Waals surface area contributed by atoms with Crippen LogP contribution in [0.15, 0.2) is 24.3 Å². The maximum Gasteiger partial charge on any atom is 0.281 e. The van der Waals surface area contributed by atoms with Crippen molar-refractivity contribution in [1.82, 2.24) is 0 Å². The third kappa shape index (κ3) is 1.24. The van der Waals surface area contributed by atoms with Gasteiger partial charge < -0.3 is 5.11 Å². The van der Waals surface area contributed by atoms with Crippen LogP contribution < -0.4 is 0 Å². The maximum atomic E-state index is 11.7. The molecule has 5 nitrogen and oxygen atoms in total. The van der Waals surface area contributed by atoms with E-state index in [0.717, 1.165) is 0 Å². The molecule has 0 unspecified atom stereocenters. The molecule has 0 atom stereocenters. The second-order valence-corrected chi connectivity index (χ2v) is 4.28. The molecule has 1 aliphatic rings. The minimum absolute atomic E-state index is 0.0516. The van der Waals surface area contributed by atoms with Gasteiger partial charge in [-0.3, -0.25) is 14.9 Å². The average Bonchev–Trinajstić information content (AvgIpc) is 2.72. The first-order chi connectivity index (χ1) is 8.61. The van der Waals surface area contributed by atoms with Crippen LogP contribution >= 0.6 is 0 Å². The van der Waals surface area contributed by atoms with E-state index < -0.39 is 4.92 Å². The highest BCUT2D eigenvalue weighted by molar-refractivity contribution is 6.11. The number of phenolic OH excluding ortho intramolecular Hbond substituents is 1. The van der Waals surface area contributed by atoms with E-state index in [2.05, 4.69) is 0 Å². The highest BCUT2D eigenvalue weighted by Gasteiger charge is 2.33. The van der Waals surface area contributed by atoms with Gasteiger partial charge in [0.1, 0.15) is 5.75 Å². The van der Waals surface area contributed by atoms with Gasteiger partial charge in [0.25, 0.3) is 5.69 Å². The molecule has 0 bridgehead atoms. The van der Waals surface area contributed by atoms with Crippen molar-refractivity contribution in [3.8, 4) is 5.75 Å². The number of aromatic hydroxyl groups is 1. The van der Waals surface area contributed by atoms with Gasteiger partial charge in [-0.2, -0.15) is 0 Å². The fourth-order valence-corrected chi connectivity index (χ4v) is 2.57. The van der Waals surface area contributed by atoms with Crippen molar-refractivity contribution >= 4 is 22.2 Å². The number of phenols is 1. The molecule has 1 aliphatic carbocycles. The molecule has 1 N–H and O–H groups in total. The molecule has 2 aromatic carbocycles. The number of hydrogen-bond donors (Lipinski definition) is 1. The summed E-state index contributed by atoms with van der Waals surface area (Å²) in [7, 11) is 0. The zero-order valence-corrected chi connectivity index (χ0v) is 9.34. The Morgan fingerprint density at radius 3 is 2.50 bits per heavy atom. The molecule has 90 valence electrons. The molecule has 0 saturated heterocycles. The summed E-state index contributed by atoms with van der Waals surface area (Å²) < 4.78 is 0. The van der Waals surface area contributed by atoms with Crippen molar-refractivity contribution in [2.75, 3.05) is 0 Å². The molecule has 0 radical (unpaired) electrons. The first-order valence-corrected chi connectivity index (χ1v) is 5.55. The smallest absolute Gasteiger partial charge is 0.281 e. The second-order valence-electron chi connectivity index (χ2n) is 4.28. The number of rotatable bonds is 1. The molecule has 0 amide bonds. The van der Waals surface area contributed by atoms with E-state index in [-0.39, 0.29) is 29.2 Å². The number of nitrogens with zero attached hydrogens (tertiary/aromatic N) is 1. The average molecular weight is 243 g/mol. The van der Waals surface area contributed by atoms with Gasteiger partial charge in [-0.15, -0.1) is 0 Å². The molecule has 2 aromatic rings. The highest BCUT2D eigenvalue weighted by atomic mass is 16.6. The number of hydrogen-bond acceptors (Lipinski definition) is 4. The Balaban J connectivity index is 2.56. The van der Waals surface area contributed by atoms with Gasteiger partial charge in [-0.1, -0.05) is 18.2 Å². The molecule has 0 aromatic heterocycles. The summed E-state index contributed by atoms with van der Waals surface area (Å²) in [5, 5.41) is 22.1. The molecular weight excluding hydrogens is 234 g/mol. The lowest BCUT2D eigenvalue weighted by atomic mass is 9.98. The molecule has 0 saturated carbocycles. The molecule has 18 heavy (non-hydrogen) atoms. The number of ketones is 1. The number of carbonyl (C=O) groups excluding carboxylic acids is 1. The molecular formula is C13H9NO4. The molecule has 0 fully saturated rings. The topological polar surface area (TPSA) is 80.4 Å². The monoisotopic (exact) mass is 243 g/mol. The van der Waals surface area contributed by atoms with Crippen LogP contribution in [0.4, 0.5) is 5.69 Å². The van der Waals surface area contributed by atoms with Crippen LogP contribution in [0.25, 0.3) is 10.8 Å². The predicted molar refractivity (Wildman–Crippen MR) is 64.9 cm³/mol. The third-order valence-electron chi connectivity index (χ3n) is 3.33. The van der Waals surface area contributed by atoms with Gasteiger partial charge in [0, 0.05) is 17.4 Å². The van der Waals surface area contributed by atoms with E-state index in [9.17, 15) is 20.0 Å². The number of benzene rings is 2. The fraction of sp³-hybridized carbons (Fsp3) is 0.154. The fourth-order valence-electron chi connectivity index (χ4n) is 2.57. The first-order valence-electron chi connectivity index (χ1n) is 5.55. The van der Waals surface area contributed by atoms with Gasteiger partial charge in [0.15, 0.2) is 5.78 Å².